The largest absolute Gasteiger partial charge is 0.336 e. The highest BCUT2D eigenvalue weighted by atomic mass is 15.3. The Hall–Kier alpha value is -2.34. The number of guanidine groups is 1. The van der Waals surface area contributed by atoms with Gasteiger partial charge < -0.3 is 9.88 Å². The van der Waals surface area contributed by atoms with Crippen molar-refractivity contribution in [3.63, 3.8) is 0 Å². The second-order valence-electron chi connectivity index (χ2n) is 3.75. The number of para-hydroxylation sites is 1. The maximum atomic E-state index is 5.43. The Bertz CT molecular complexity index is 516. The lowest BCUT2D eigenvalue weighted by atomic mass is 10.3. The van der Waals surface area contributed by atoms with E-state index in [1.807, 2.05) is 48.1 Å². The molecule has 2 rings (SSSR count). The third-order valence-electron chi connectivity index (χ3n) is 2.47. The fraction of sp³-hybridized carbons (Fsp3) is 0.167. The molecule has 4 N–H and O–H groups in total. The first-order valence-electron chi connectivity index (χ1n) is 5.59. The minimum absolute atomic E-state index is 0.461. The molecule has 1 heterocycles. The molecule has 18 heavy (non-hydrogen) atoms. The lowest BCUT2D eigenvalue weighted by Gasteiger charge is -2.08. The molecule has 2 aromatic rings. The van der Waals surface area contributed by atoms with Gasteiger partial charge in [0.15, 0.2) is 0 Å². The highest BCUT2D eigenvalue weighted by Gasteiger charge is 2.00. The van der Waals surface area contributed by atoms with E-state index in [-0.39, 0.29) is 0 Å². The molecular weight excluding hydrogens is 228 g/mol. The third kappa shape index (κ3) is 3.08. The number of hydrogen-bond donors (Lipinski definition) is 3. The first-order chi connectivity index (χ1) is 8.79. The van der Waals surface area contributed by atoms with Gasteiger partial charge >= 0.3 is 0 Å². The molecule has 0 aliphatic carbocycles. The van der Waals surface area contributed by atoms with Crippen LogP contribution in [-0.4, -0.2) is 15.5 Å². The van der Waals surface area contributed by atoms with Gasteiger partial charge in [-0.15, -0.1) is 0 Å². The van der Waals surface area contributed by atoms with Gasteiger partial charge in [0.2, 0.25) is 5.96 Å². The lowest BCUT2D eigenvalue weighted by molar-refractivity contribution is 0.789. The number of hydrazine groups is 1. The number of nitrogens with two attached hydrogens (primary N) is 1. The number of rotatable bonds is 3. The van der Waals surface area contributed by atoms with Gasteiger partial charge in [-0.1, -0.05) is 18.2 Å². The summed E-state index contributed by atoms with van der Waals surface area (Å²) in [5.74, 6) is 6.80. The molecule has 0 aliphatic heterocycles. The van der Waals surface area contributed by atoms with Gasteiger partial charge in [0.1, 0.15) is 12.4 Å². The number of benzene rings is 1. The van der Waals surface area contributed by atoms with Gasteiger partial charge in [-0.25, -0.2) is 15.8 Å². The van der Waals surface area contributed by atoms with Crippen LogP contribution in [0.3, 0.4) is 0 Å². The molecule has 1 aromatic heterocycles. The van der Waals surface area contributed by atoms with Crippen LogP contribution in [0.15, 0.2) is 47.7 Å². The molecule has 0 saturated heterocycles. The van der Waals surface area contributed by atoms with Crippen LogP contribution in [0.5, 0.6) is 0 Å². The normalized spacial score (nSPS) is 11.3. The van der Waals surface area contributed by atoms with Crippen LogP contribution < -0.4 is 16.6 Å². The number of hydrogen-bond acceptors (Lipinski definition) is 3. The van der Waals surface area contributed by atoms with Crippen molar-refractivity contribution in [2.45, 2.75) is 6.54 Å². The van der Waals surface area contributed by atoms with E-state index in [1.165, 1.54) is 0 Å². The summed E-state index contributed by atoms with van der Waals surface area (Å²) in [7, 11) is 1.93. The number of aryl methyl sites for hydroxylation is 1. The van der Waals surface area contributed by atoms with Crippen LogP contribution in [0.1, 0.15) is 5.82 Å². The standard InChI is InChI=1S/C12H16N6/c1-18-8-7-14-11(18)9-15-12(17-13)16-10-5-3-2-4-6-10/h2-8H,9,13H2,1H3,(H2,15,16,17). The van der Waals surface area contributed by atoms with Crippen molar-refractivity contribution in [2.24, 2.45) is 17.9 Å². The monoisotopic (exact) mass is 244 g/mol. The van der Waals surface area contributed by atoms with E-state index >= 15 is 0 Å². The maximum Gasteiger partial charge on any atom is 0.210 e. The molecule has 0 bridgehead atoms. The predicted molar refractivity (Wildman–Crippen MR) is 71.7 cm³/mol. The van der Waals surface area contributed by atoms with Gasteiger partial charge in [0.05, 0.1) is 0 Å². The van der Waals surface area contributed by atoms with Crippen LogP contribution in [0.25, 0.3) is 0 Å². The zero-order chi connectivity index (χ0) is 12.8. The Morgan fingerprint density at radius 2 is 2.17 bits per heavy atom. The summed E-state index contributed by atoms with van der Waals surface area (Å²) in [6.07, 6.45) is 3.62. The Labute approximate surface area is 106 Å². The quantitative estimate of drug-likeness (QED) is 0.324. The van der Waals surface area contributed by atoms with Gasteiger partial charge in [-0.2, -0.15) is 0 Å². The highest BCUT2D eigenvalue weighted by Crippen LogP contribution is 2.04. The van der Waals surface area contributed by atoms with Crippen molar-refractivity contribution >= 4 is 11.6 Å². The summed E-state index contributed by atoms with van der Waals surface area (Å²) in [5, 5.41) is 3.09. The molecule has 0 unspecified atom stereocenters. The van der Waals surface area contributed by atoms with Crippen LogP contribution in [0, 0.1) is 0 Å². The topological polar surface area (TPSA) is 80.3 Å². The van der Waals surface area contributed by atoms with Gasteiger partial charge in [0.25, 0.3) is 0 Å². The summed E-state index contributed by atoms with van der Waals surface area (Å²) >= 11 is 0. The fourth-order valence-electron chi connectivity index (χ4n) is 1.48. The molecule has 0 radical (unpaired) electrons. The summed E-state index contributed by atoms with van der Waals surface area (Å²) in [6.45, 7) is 0.461. The maximum absolute atomic E-state index is 5.43. The van der Waals surface area contributed by atoms with Gasteiger partial charge in [-0.3, -0.25) is 5.43 Å². The van der Waals surface area contributed by atoms with Crippen LogP contribution in [0.2, 0.25) is 0 Å². The molecule has 0 aliphatic rings. The molecule has 6 heteroatoms. The Kier molecular flexibility index (Phi) is 3.93. The van der Waals surface area contributed by atoms with E-state index in [2.05, 4.69) is 20.7 Å². The van der Waals surface area contributed by atoms with Crippen molar-refractivity contribution in [1.29, 1.82) is 0 Å². The second-order valence-corrected chi connectivity index (χ2v) is 3.75. The van der Waals surface area contributed by atoms with Crippen LogP contribution in [0.4, 0.5) is 5.69 Å². The average molecular weight is 244 g/mol. The van der Waals surface area contributed by atoms with E-state index in [4.69, 9.17) is 5.84 Å². The first kappa shape index (κ1) is 12.1. The molecule has 0 saturated carbocycles. The van der Waals surface area contributed by atoms with E-state index < -0.39 is 0 Å². The van der Waals surface area contributed by atoms with Gasteiger partial charge in [0, 0.05) is 25.1 Å². The summed E-state index contributed by atoms with van der Waals surface area (Å²) < 4.78 is 1.92. The molecule has 0 atom stereocenters. The van der Waals surface area contributed by atoms with Gasteiger partial charge in [-0.05, 0) is 12.1 Å². The average Bonchev–Trinajstić information content (AvgIpc) is 2.81. The van der Waals surface area contributed by atoms with E-state index in [0.717, 1.165) is 11.5 Å². The highest BCUT2D eigenvalue weighted by molar-refractivity contribution is 5.93. The van der Waals surface area contributed by atoms with Crippen molar-refractivity contribution < 1.29 is 0 Å². The lowest BCUT2D eigenvalue weighted by Crippen LogP contribution is -2.36. The Morgan fingerprint density at radius 1 is 1.39 bits per heavy atom. The number of aliphatic imine (C=N–C) groups is 1. The smallest absolute Gasteiger partial charge is 0.210 e. The fourth-order valence-corrected chi connectivity index (χ4v) is 1.48. The predicted octanol–water partition coefficient (Wildman–Crippen LogP) is 0.851. The molecule has 1 aromatic carbocycles. The SMILES string of the molecule is Cn1ccnc1CN=C(NN)Nc1ccccc1. The Balaban J connectivity index is 2.03. The van der Waals surface area contributed by atoms with Crippen LogP contribution >= 0.6 is 0 Å². The van der Waals surface area contributed by atoms with Crippen LogP contribution in [-0.2, 0) is 13.6 Å². The first-order valence-corrected chi connectivity index (χ1v) is 5.59. The number of aromatic nitrogens is 2. The zero-order valence-corrected chi connectivity index (χ0v) is 10.2. The minimum Gasteiger partial charge on any atom is -0.336 e. The molecule has 0 amide bonds. The van der Waals surface area contributed by atoms with Crippen molar-refractivity contribution in [2.75, 3.05) is 5.32 Å². The number of imidazole rings is 1. The molecule has 94 valence electrons. The second kappa shape index (κ2) is 5.83. The minimum atomic E-state index is 0.461. The molecule has 0 spiro atoms. The van der Waals surface area contributed by atoms with Crippen molar-refractivity contribution in [1.82, 2.24) is 15.0 Å². The summed E-state index contributed by atoms with van der Waals surface area (Å²) in [4.78, 5) is 8.52. The third-order valence-corrected chi connectivity index (χ3v) is 2.47. The summed E-state index contributed by atoms with van der Waals surface area (Å²) in [5.41, 5.74) is 3.46. The number of nitrogens with zero attached hydrogens (tertiary/aromatic N) is 3. The van der Waals surface area contributed by atoms with Crippen molar-refractivity contribution in [3.05, 3.63) is 48.5 Å². The zero-order valence-electron chi connectivity index (χ0n) is 10.2. The summed E-state index contributed by atoms with van der Waals surface area (Å²) in [6, 6.07) is 9.71. The number of anilines is 1. The van der Waals surface area contributed by atoms with E-state index in [9.17, 15) is 0 Å². The Morgan fingerprint density at radius 3 is 2.78 bits per heavy atom. The number of nitrogens with one attached hydrogen (secondary N) is 2. The molecule has 6 nitrogen and oxygen atoms in total. The van der Waals surface area contributed by atoms with E-state index in [1.54, 1.807) is 6.20 Å². The van der Waals surface area contributed by atoms with E-state index in [0.29, 0.717) is 12.5 Å². The molecule has 0 fully saturated rings. The van der Waals surface area contributed by atoms with Crippen molar-refractivity contribution in [3.8, 4) is 0 Å². The molecular formula is C12H16N6.